The van der Waals surface area contributed by atoms with Crippen LogP contribution < -0.4 is 5.32 Å². The fourth-order valence-corrected chi connectivity index (χ4v) is 3.67. The predicted molar refractivity (Wildman–Crippen MR) is 119 cm³/mol. The quantitative estimate of drug-likeness (QED) is 0.489. The van der Waals surface area contributed by atoms with Gasteiger partial charge < -0.3 is 15.0 Å². The van der Waals surface area contributed by atoms with Crippen LogP contribution in [0.3, 0.4) is 0 Å². The number of rotatable bonds is 9. The summed E-state index contributed by atoms with van der Waals surface area (Å²) in [7, 11) is 3.36. The second-order valence-electron chi connectivity index (χ2n) is 7.03. The minimum Gasteiger partial charge on any atom is -0.452 e. The molecule has 30 heavy (non-hydrogen) atoms. The first-order valence-electron chi connectivity index (χ1n) is 9.79. The van der Waals surface area contributed by atoms with E-state index in [1.54, 1.807) is 38.4 Å². The Labute approximate surface area is 182 Å². The zero-order valence-electron chi connectivity index (χ0n) is 17.8. The highest BCUT2D eigenvalue weighted by Gasteiger charge is 2.17. The molecule has 0 saturated heterocycles. The number of thioether (sulfide) groups is 1. The average molecular weight is 429 g/mol. The Kier molecular flexibility index (Phi) is 8.92. The van der Waals surface area contributed by atoms with Gasteiger partial charge in [-0.05, 0) is 36.6 Å². The highest BCUT2D eigenvalue weighted by atomic mass is 32.2. The summed E-state index contributed by atoms with van der Waals surface area (Å²) in [4.78, 5) is 38.6. The Morgan fingerprint density at radius 2 is 1.73 bits per heavy atom. The van der Waals surface area contributed by atoms with Crippen molar-refractivity contribution in [3.05, 3.63) is 65.2 Å². The lowest BCUT2D eigenvalue weighted by molar-refractivity contribution is -0.126. The monoisotopic (exact) mass is 428 g/mol. The van der Waals surface area contributed by atoms with Gasteiger partial charge in [-0.15, -0.1) is 11.8 Å². The maximum Gasteiger partial charge on any atom is 0.339 e. The van der Waals surface area contributed by atoms with Gasteiger partial charge in [0.2, 0.25) is 5.91 Å². The van der Waals surface area contributed by atoms with Gasteiger partial charge in [0.1, 0.15) is 0 Å². The number of nitrogens with one attached hydrogen (secondary N) is 1. The molecule has 0 radical (unpaired) electrons. The van der Waals surface area contributed by atoms with E-state index in [-0.39, 0.29) is 30.2 Å². The van der Waals surface area contributed by atoms with E-state index in [2.05, 4.69) is 12.2 Å². The molecular formula is C23H28N2O4S. The Hall–Kier alpha value is -2.80. The van der Waals surface area contributed by atoms with E-state index in [4.69, 9.17) is 4.74 Å². The molecule has 160 valence electrons. The molecule has 0 fully saturated rings. The normalized spacial score (nSPS) is 11.5. The van der Waals surface area contributed by atoms with Gasteiger partial charge in [-0.1, -0.05) is 43.3 Å². The number of carbonyl (C=O) groups is 3. The average Bonchev–Trinajstić information content (AvgIpc) is 2.75. The van der Waals surface area contributed by atoms with E-state index in [1.165, 1.54) is 22.2 Å². The lowest BCUT2D eigenvalue weighted by Crippen LogP contribution is -2.31. The molecule has 1 atom stereocenters. The van der Waals surface area contributed by atoms with Crippen molar-refractivity contribution in [3.8, 4) is 0 Å². The summed E-state index contributed by atoms with van der Waals surface area (Å²) in [6.45, 7) is 3.60. The number of esters is 1. The van der Waals surface area contributed by atoms with E-state index < -0.39 is 5.97 Å². The Bertz CT molecular complexity index is 881. The molecule has 7 heteroatoms. The van der Waals surface area contributed by atoms with Gasteiger partial charge in [0.25, 0.3) is 5.91 Å². The van der Waals surface area contributed by atoms with Gasteiger partial charge in [-0.2, -0.15) is 0 Å². The van der Waals surface area contributed by atoms with Crippen molar-refractivity contribution in [2.75, 3.05) is 26.5 Å². The number of ether oxygens (including phenoxy) is 1. The summed E-state index contributed by atoms with van der Waals surface area (Å²) >= 11 is 1.26. The van der Waals surface area contributed by atoms with Gasteiger partial charge in [0.05, 0.1) is 17.4 Å². The number of benzene rings is 2. The van der Waals surface area contributed by atoms with E-state index in [9.17, 15) is 14.4 Å². The minimum atomic E-state index is -0.592. The molecule has 2 aromatic carbocycles. The third-order valence-corrected chi connectivity index (χ3v) is 5.62. The SMILES string of the molecule is CCc1ccc(C(C)NC(=O)COC(=O)c2ccccc2SCC(=O)N(C)C)cc1. The van der Waals surface area contributed by atoms with Crippen LogP contribution in [-0.4, -0.2) is 49.1 Å². The Morgan fingerprint density at radius 3 is 2.37 bits per heavy atom. The summed E-state index contributed by atoms with van der Waals surface area (Å²) in [5, 5.41) is 2.84. The standard InChI is InChI=1S/C23H28N2O4S/c1-5-17-10-12-18(13-11-17)16(2)24-21(26)14-29-23(28)19-8-6-7-9-20(19)30-15-22(27)25(3)4/h6-13,16H,5,14-15H2,1-4H3,(H,24,26). The number of aryl methyl sites for hydroxylation is 1. The first-order valence-corrected chi connectivity index (χ1v) is 10.8. The van der Waals surface area contributed by atoms with Crippen LogP contribution in [-0.2, 0) is 20.7 Å². The van der Waals surface area contributed by atoms with Crippen molar-refractivity contribution in [1.29, 1.82) is 0 Å². The maximum absolute atomic E-state index is 12.5. The molecule has 2 aromatic rings. The lowest BCUT2D eigenvalue weighted by Gasteiger charge is -2.15. The largest absolute Gasteiger partial charge is 0.452 e. The minimum absolute atomic E-state index is 0.0523. The molecule has 0 saturated carbocycles. The number of carbonyl (C=O) groups excluding carboxylic acids is 3. The number of hydrogen-bond donors (Lipinski definition) is 1. The van der Waals surface area contributed by atoms with Crippen LogP contribution >= 0.6 is 11.8 Å². The van der Waals surface area contributed by atoms with Crippen LogP contribution in [0, 0.1) is 0 Å². The van der Waals surface area contributed by atoms with Crippen LogP contribution in [0.2, 0.25) is 0 Å². The Morgan fingerprint density at radius 1 is 1.07 bits per heavy atom. The fourth-order valence-electron chi connectivity index (χ4n) is 2.65. The highest BCUT2D eigenvalue weighted by molar-refractivity contribution is 8.00. The fraction of sp³-hybridized carbons (Fsp3) is 0.348. The van der Waals surface area contributed by atoms with Crippen molar-refractivity contribution < 1.29 is 19.1 Å². The molecule has 0 spiro atoms. The summed E-state index contributed by atoms with van der Waals surface area (Å²) in [5.74, 6) is -0.802. The van der Waals surface area contributed by atoms with E-state index in [0.29, 0.717) is 10.5 Å². The van der Waals surface area contributed by atoms with Gasteiger partial charge in [0, 0.05) is 19.0 Å². The topological polar surface area (TPSA) is 75.7 Å². The maximum atomic E-state index is 12.5. The molecule has 0 heterocycles. The zero-order valence-corrected chi connectivity index (χ0v) is 18.6. The third kappa shape index (κ3) is 6.91. The summed E-state index contributed by atoms with van der Waals surface area (Å²) in [6.07, 6.45) is 0.958. The first kappa shape index (κ1) is 23.5. The molecule has 0 aliphatic rings. The van der Waals surface area contributed by atoms with Crippen molar-refractivity contribution in [3.63, 3.8) is 0 Å². The first-order chi connectivity index (χ1) is 14.3. The molecular weight excluding hydrogens is 400 g/mol. The van der Waals surface area contributed by atoms with Crippen molar-refractivity contribution >= 4 is 29.5 Å². The number of hydrogen-bond acceptors (Lipinski definition) is 5. The van der Waals surface area contributed by atoms with Crippen molar-refractivity contribution in [2.45, 2.75) is 31.2 Å². The molecule has 2 rings (SSSR count). The van der Waals surface area contributed by atoms with Crippen LogP contribution in [0.25, 0.3) is 0 Å². The summed E-state index contributed by atoms with van der Waals surface area (Å²) in [6, 6.07) is 14.7. The summed E-state index contributed by atoms with van der Waals surface area (Å²) < 4.78 is 5.20. The van der Waals surface area contributed by atoms with E-state index in [0.717, 1.165) is 12.0 Å². The molecule has 0 aromatic heterocycles. The third-order valence-electron chi connectivity index (χ3n) is 4.56. The molecule has 1 N–H and O–H groups in total. The van der Waals surface area contributed by atoms with Gasteiger partial charge in [-0.3, -0.25) is 9.59 Å². The molecule has 0 aliphatic carbocycles. The highest BCUT2D eigenvalue weighted by Crippen LogP contribution is 2.23. The number of amides is 2. The zero-order chi connectivity index (χ0) is 22.1. The van der Waals surface area contributed by atoms with Gasteiger partial charge in [-0.25, -0.2) is 4.79 Å². The van der Waals surface area contributed by atoms with Gasteiger partial charge in [0.15, 0.2) is 6.61 Å². The second-order valence-corrected chi connectivity index (χ2v) is 8.05. The van der Waals surface area contributed by atoms with E-state index in [1.807, 2.05) is 31.2 Å². The van der Waals surface area contributed by atoms with Crippen molar-refractivity contribution in [2.24, 2.45) is 0 Å². The molecule has 2 amide bonds. The van der Waals surface area contributed by atoms with Crippen LogP contribution in [0.1, 0.15) is 41.4 Å². The second kappa shape index (κ2) is 11.4. The molecule has 1 unspecified atom stereocenters. The van der Waals surface area contributed by atoms with Gasteiger partial charge >= 0.3 is 5.97 Å². The number of nitrogens with zero attached hydrogens (tertiary/aromatic N) is 1. The lowest BCUT2D eigenvalue weighted by atomic mass is 10.1. The van der Waals surface area contributed by atoms with Crippen molar-refractivity contribution in [1.82, 2.24) is 10.2 Å². The van der Waals surface area contributed by atoms with Crippen LogP contribution in [0.5, 0.6) is 0 Å². The van der Waals surface area contributed by atoms with Crippen LogP contribution in [0.15, 0.2) is 53.4 Å². The summed E-state index contributed by atoms with van der Waals surface area (Å²) in [5.41, 5.74) is 2.55. The molecule has 6 nitrogen and oxygen atoms in total. The predicted octanol–water partition coefficient (Wildman–Crippen LogP) is 3.46. The van der Waals surface area contributed by atoms with Crippen LogP contribution in [0.4, 0.5) is 0 Å². The van der Waals surface area contributed by atoms with E-state index >= 15 is 0 Å². The smallest absolute Gasteiger partial charge is 0.339 e. The molecule has 0 aliphatic heterocycles. The molecule has 0 bridgehead atoms. The Balaban J connectivity index is 1.90.